The van der Waals surface area contributed by atoms with Crippen LogP contribution in [0.4, 0.5) is 0 Å². The van der Waals surface area contributed by atoms with Crippen LogP contribution in [0.2, 0.25) is 0 Å². The van der Waals surface area contributed by atoms with Crippen molar-refractivity contribution in [1.82, 2.24) is 0 Å². The van der Waals surface area contributed by atoms with E-state index in [2.05, 4.69) is 0 Å². The molecule has 0 bridgehead atoms. The van der Waals surface area contributed by atoms with E-state index in [1.54, 1.807) is 31.4 Å². The number of unbranched alkanes of at least 4 members (excludes halogenated alkanes) is 2. The van der Waals surface area contributed by atoms with Crippen molar-refractivity contribution < 1.29 is 26.9 Å². The maximum Gasteiger partial charge on any atom is 0.308 e. The minimum absolute atomic E-state index is 0.139. The van der Waals surface area contributed by atoms with Crippen LogP contribution in [0.15, 0.2) is 29.2 Å². The molecule has 0 aliphatic rings. The highest BCUT2D eigenvalue weighted by Gasteiger charge is 2.20. The molecule has 7 heteroatoms. The second-order valence-corrected chi connectivity index (χ2v) is 9.20. The minimum atomic E-state index is -3.70. The van der Waals surface area contributed by atoms with Crippen molar-refractivity contribution in [2.75, 3.05) is 13.7 Å². The zero-order valence-electron chi connectivity index (χ0n) is 17.0. The summed E-state index contributed by atoms with van der Waals surface area (Å²) in [6, 6.07) is 6.58. The number of carbonyl (C=O) groups is 1. The Balaban J connectivity index is 2.27. The van der Waals surface area contributed by atoms with Crippen molar-refractivity contribution in [3.05, 3.63) is 29.8 Å². The first-order valence-electron chi connectivity index (χ1n) is 9.24. The van der Waals surface area contributed by atoms with Crippen LogP contribution in [0.5, 0.6) is 0 Å². The third-order valence-corrected chi connectivity index (χ3v) is 5.19. The van der Waals surface area contributed by atoms with Gasteiger partial charge < -0.3 is 9.47 Å². The van der Waals surface area contributed by atoms with E-state index < -0.39 is 15.7 Å². The number of rotatable bonds is 11. The third kappa shape index (κ3) is 9.89. The number of hydrogen-bond acceptors (Lipinski definition) is 6. The molecule has 0 N–H and O–H groups in total. The van der Waals surface area contributed by atoms with Gasteiger partial charge in [0.1, 0.15) is 5.60 Å². The Morgan fingerprint density at radius 3 is 2.26 bits per heavy atom. The predicted molar refractivity (Wildman–Crippen MR) is 104 cm³/mol. The quantitative estimate of drug-likeness (QED) is 0.317. The minimum Gasteiger partial charge on any atom is -0.460 e. The van der Waals surface area contributed by atoms with Gasteiger partial charge in [-0.1, -0.05) is 30.5 Å². The summed E-state index contributed by atoms with van der Waals surface area (Å²) in [5.41, 5.74) is 0.489. The fraction of sp³-hybridized carbons (Fsp3) is 0.650. The summed E-state index contributed by atoms with van der Waals surface area (Å²) in [5, 5.41) is 0. The van der Waals surface area contributed by atoms with Gasteiger partial charge in [0, 0.05) is 7.11 Å². The maximum atomic E-state index is 12.1. The van der Waals surface area contributed by atoms with E-state index >= 15 is 0 Å². The van der Waals surface area contributed by atoms with Crippen molar-refractivity contribution in [3.8, 4) is 0 Å². The number of methoxy groups -OCH3 is 1. The van der Waals surface area contributed by atoms with Gasteiger partial charge in [0.25, 0.3) is 10.1 Å². The first kappa shape index (κ1) is 23.6. The molecule has 0 fully saturated rings. The van der Waals surface area contributed by atoms with Crippen LogP contribution in [0.3, 0.4) is 0 Å². The smallest absolute Gasteiger partial charge is 0.308 e. The molecule has 1 unspecified atom stereocenters. The molecule has 0 amide bonds. The number of esters is 1. The van der Waals surface area contributed by atoms with E-state index in [1.807, 2.05) is 27.7 Å². The number of benzene rings is 1. The van der Waals surface area contributed by atoms with Gasteiger partial charge in [-0.15, -0.1) is 0 Å². The summed E-state index contributed by atoms with van der Waals surface area (Å²) in [7, 11) is -2.13. The number of hydrogen-bond donors (Lipinski definition) is 0. The predicted octanol–water partition coefficient (Wildman–Crippen LogP) is 4.01. The van der Waals surface area contributed by atoms with Gasteiger partial charge >= 0.3 is 5.97 Å². The van der Waals surface area contributed by atoms with Crippen LogP contribution in [0.25, 0.3) is 0 Å². The van der Waals surface area contributed by atoms with E-state index in [-0.39, 0.29) is 30.0 Å². The summed E-state index contributed by atoms with van der Waals surface area (Å²) in [6.45, 7) is 7.53. The molecule has 1 atom stereocenters. The van der Waals surface area contributed by atoms with Crippen molar-refractivity contribution >= 4 is 16.1 Å². The van der Waals surface area contributed by atoms with Gasteiger partial charge in [0.15, 0.2) is 0 Å². The summed E-state index contributed by atoms with van der Waals surface area (Å²) in [5.74, 6) is -0.276. The third-order valence-electron chi connectivity index (χ3n) is 3.87. The summed E-state index contributed by atoms with van der Waals surface area (Å²) < 4.78 is 39.9. The molecule has 0 saturated carbocycles. The standard InChI is InChI=1S/C20H32O6S/c1-16-10-12-18(13-11-16)27(22,23)25-14-8-6-7-9-17(24-5)15-19(21)26-20(2,3)4/h10-13,17H,6-9,14-15H2,1-5H3. The average Bonchev–Trinajstić information content (AvgIpc) is 2.55. The van der Waals surface area contributed by atoms with Crippen LogP contribution < -0.4 is 0 Å². The van der Waals surface area contributed by atoms with Crippen LogP contribution in [0.1, 0.15) is 58.4 Å². The summed E-state index contributed by atoms with van der Waals surface area (Å²) in [4.78, 5) is 12.0. The number of carbonyl (C=O) groups excluding carboxylic acids is 1. The fourth-order valence-corrected chi connectivity index (χ4v) is 3.41. The molecule has 0 radical (unpaired) electrons. The van der Waals surface area contributed by atoms with Crippen LogP contribution in [-0.4, -0.2) is 39.8 Å². The molecule has 0 aromatic heterocycles. The molecule has 27 heavy (non-hydrogen) atoms. The Morgan fingerprint density at radius 2 is 1.70 bits per heavy atom. The Bertz CT molecular complexity index is 673. The van der Waals surface area contributed by atoms with E-state index in [9.17, 15) is 13.2 Å². The van der Waals surface area contributed by atoms with Crippen molar-refractivity contribution in [2.45, 2.75) is 76.4 Å². The maximum absolute atomic E-state index is 12.1. The van der Waals surface area contributed by atoms with Gasteiger partial charge in [0.2, 0.25) is 0 Å². The molecule has 1 aromatic rings. The second kappa shape index (κ2) is 10.8. The first-order chi connectivity index (χ1) is 12.5. The SMILES string of the molecule is COC(CCCCCOS(=O)(=O)c1ccc(C)cc1)CC(=O)OC(C)(C)C. The number of ether oxygens (including phenoxy) is 2. The topological polar surface area (TPSA) is 78.9 Å². The van der Waals surface area contributed by atoms with Crippen molar-refractivity contribution in [2.24, 2.45) is 0 Å². The highest BCUT2D eigenvalue weighted by molar-refractivity contribution is 7.86. The lowest BCUT2D eigenvalue weighted by molar-refractivity contribution is -0.157. The highest BCUT2D eigenvalue weighted by atomic mass is 32.2. The molecular weight excluding hydrogens is 368 g/mol. The van der Waals surface area contributed by atoms with Gasteiger partial charge in [-0.3, -0.25) is 8.98 Å². The Morgan fingerprint density at radius 1 is 1.07 bits per heavy atom. The Labute approximate surface area is 163 Å². The largest absolute Gasteiger partial charge is 0.460 e. The lowest BCUT2D eigenvalue weighted by Crippen LogP contribution is -2.27. The molecular formula is C20H32O6S. The van der Waals surface area contributed by atoms with Gasteiger partial charge in [-0.2, -0.15) is 8.42 Å². The highest BCUT2D eigenvalue weighted by Crippen LogP contribution is 2.16. The van der Waals surface area contributed by atoms with E-state index in [0.717, 1.165) is 18.4 Å². The van der Waals surface area contributed by atoms with Gasteiger partial charge in [-0.05, 0) is 52.7 Å². The lowest BCUT2D eigenvalue weighted by Gasteiger charge is -2.21. The van der Waals surface area contributed by atoms with E-state index in [0.29, 0.717) is 12.8 Å². The van der Waals surface area contributed by atoms with Crippen molar-refractivity contribution in [3.63, 3.8) is 0 Å². The zero-order valence-corrected chi connectivity index (χ0v) is 17.8. The average molecular weight is 401 g/mol. The lowest BCUT2D eigenvalue weighted by atomic mass is 10.1. The molecule has 1 rings (SSSR count). The fourth-order valence-electron chi connectivity index (χ4n) is 2.46. The monoisotopic (exact) mass is 400 g/mol. The molecule has 0 heterocycles. The molecule has 0 aliphatic carbocycles. The Hall–Kier alpha value is -1.44. The Kier molecular flexibility index (Phi) is 9.42. The first-order valence-corrected chi connectivity index (χ1v) is 10.6. The zero-order chi connectivity index (χ0) is 20.5. The van der Waals surface area contributed by atoms with Crippen LogP contribution in [-0.2, 0) is 28.6 Å². The van der Waals surface area contributed by atoms with Crippen molar-refractivity contribution in [1.29, 1.82) is 0 Å². The van der Waals surface area contributed by atoms with Gasteiger partial charge in [0.05, 0.1) is 24.0 Å². The molecule has 154 valence electrons. The van der Waals surface area contributed by atoms with E-state index in [1.165, 1.54) is 0 Å². The molecule has 0 aliphatic heterocycles. The number of aryl methyl sites for hydroxylation is 1. The normalized spacial score (nSPS) is 13.4. The molecule has 6 nitrogen and oxygen atoms in total. The van der Waals surface area contributed by atoms with Gasteiger partial charge in [-0.25, -0.2) is 0 Å². The summed E-state index contributed by atoms with van der Waals surface area (Å²) >= 11 is 0. The van der Waals surface area contributed by atoms with Crippen LogP contribution in [0, 0.1) is 6.92 Å². The molecule has 1 aromatic carbocycles. The van der Waals surface area contributed by atoms with Crippen LogP contribution >= 0.6 is 0 Å². The molecule has 0 saturated heterocycles. The molecule has 0 spiro atoms. The second-order valence-electron chi connectivity index (χ2n) is 7.59. The summed E-state index contributed by atoms with van der Waals surface area (Å²) in [6.07, 6.45) is 2.95. The van der Waals surface area contributed by atoms with E-state index in [4.69, 9.17) is 13.7 Å².